The Kier molecular flexibility index (Phi) is 5.47. The highest BCUT2D eigenvalue weighted by molar-refractivity contribution is 5.46. The number of nitrogens with zero attached hydrogens (tertiary/aromatic N) is 2. The standard InChI is InChI=1S/C14H20N2O2/c1-11-9-12(17-3)10-14(18-4)13(11)5-7-16(2)8-6-15/h9-10H,5,7-8H2,1-4H3. The molecule has 0 bridgehead atoms. The number of hydrogen-bond acceptors (Lipinski definition) is 4. The Morgan fingerprint density at radius 3 is 2.56 bits per heavy atom. The monoisotopic (exact) mass is 248 g/mol. The molecule has 0 amide bonds. The maximum absolute atomic E-state index is 8.62. The first-order chi connectivity index (χ1) is 8.62. The number of hydrogen-bond donors (Lipinski definition) is 0. The number of benzene rings is 1. The van der Waals surface area contributed by atoms with Crippen LogP contribution in [0.1, 0.15) is 11.1 Å². The van der Waals surface area contributed by atoms with Gasteiger partial charge in [0, 0.05) is 12.6 Å². The smallest absolute Gasteiger partial charge is 0.126 e. The fraction of sp³-hybridized carbons (Fsp3) is 0.500. The molecule has 1 aromatic carbocycles. The van der Waals surface area contributed by atoms with Gasteiger partial charge in [-0.1, -0.05) is 0 Å². The van der Waals surface area contributed by atoms with E-state index < -0.39 is 0 Å². The molecule has 4 nitrogen and oxygen atoms in total. The first-order valence-corrected chi connectivity index (χ1v) is 5.89. The average Bonchev–Trinajstić information content (AvgIpc) is 2.36. The zero-order valence-corrected chi connectivity index (χ0v) is 11.5. The first kappa shape index (κ1) is 14.3. The van der Waals surface area contributed by atoms with Gasteiger partial charge in [0.2, 0.25) is 0 Å². The SMILES string of the molecule is COc1cc(C)c(CCN(C)CC#N)c(OC)c1. The van der Waals surface area contributed by atoms with Crippen LogP contribution in [0.5, 0.6) is 11.5 Å². The van der Waals surface area contributed by atoms with Crippen molar-refractivity contribution in [2.75, 3.05) is 34.4 Å². The van der Waals surface area contributed by atoms with E-state index in [1.54, 1.807) is 14.2 Å². The molecule has 0 aliphatic rings. The van der Waals surface area contributed by atoms with E-state index in [1.807, 2.05) is 31.0 Å². The number of methoxy groups -OCH3 is 2. The summed E-state index contributed by atoms with van der Waals surface area (Å²) in [5.41, 5.74) is 2.32. The summed E-state index contributed by atoms with van der Waals surface area (Å²) in [6, 6.07) is 6.04. The highest BCUT2D eigenvalue weighted by atomic mass is 16.5. The molecule has 18 heavy (non-hydrogen) atoms. The molecule has 0 aliphatic carbocycles. The van der Waals surface area contributed by atoms with Gasteiger partial charge in [0.15, 0.2) is 0 Å². The quantitative estimate of drug-likeness (QED) is 0.722. The van der Waals surface area contributed by atoms with Crippen molar-refractivity contribution < 1.29 is 9.47 Å². The van der Waals surface area contributed by atoms with Crippen LogP contribution >= 0.6 is 0 Å². The molecule has 0 saturated heterocycles. The van der Waals surface area contributed by atoms with Crippen molar-refractivity contribution in [3.63, 3.8) is 0 Å². The minimum atomic E-state index is 0.442. The zero-order valence-electron chi connectivity index (χ0n) is 11.5. The predicted molar refractivity (Wildman–Crippen MR) is 71.1 cm³/mol. The molecule has 0 fully saturated rings. The van der Waals surface area contributed by atoms with Gasteiger partial charge in [-0.05, 0) is 37.6 Å². The molecule has 0 atom stereocenters. The second-order valence-corrected chi connectivity index (χ2v) is 4.27. The molecular formula is C14H20N2O2. The van der Waals surface area contributed by atoms with Gasteiger partial charge in [0.1, 0.15) is 11.5 Å². The van der Waals surface area contributed by atoms with Gasteiger partial charge in [-0.2, -0.15) is 5.26 Å². The normalized spacial score (nSPS) is 10.2. The number of ether oxygens (including phenoxy) is 2. The van der Waals surface area contributed by atoms with Gasteiger partial charge in [-0.25, -0.2) is 0 Å². The fourth-order valence-corrected chi connectivity index (χ4v) is 1.88. The fourth-order valence-electron chi connectivity index (χ4n) is 1.88. The van der Waals surface area contributed by atoms with Gasteiger partial charge in [0.05, 0.1) is 26.8 Å². The highest BCUT2D eigenvalue weighted by Crippen LogP contribution is 2.28. The van der Waals surface area contributed by atoms with Crippen LogP contribution in [0.4, 0.5) is 0 Å². The molecule has 0 saturated carbocycles. The summed E-state index contributed by atoms with van der Waals surface area (Å²) in [4.78, 5) is 1.99. The predicted octanol–water partition coefficient (Wildman–Crippen LogP) is 2.01. The third-order valence-corrected chi connectivity index (χ3v) is 2.95. The lowest BCUT2D eigenvalue weighted by molar-refractivity contribution is 0.367. The summed E-state index contributed by atoms with van der Waals surface area (Å²) in [5.74, 6) is 1.65. The third-order valence-electron chi connectivity index (χ3n) is 2.95. The Labute approximate surface area is 109 Å². The number of likely N-dealkylation sites (N-methyl/N-ethyl adjacent to an activating group) is 1. The van der Waals surface area contributed by atoms with E-state index in [2.05, 4.69) is 6.07 Å². The second kappa shape index (κ2) is 6.87. The maximum Gasteiger partial charge on any atom is 0.126 e. The number of nitriles is 1. The summed E-state index contributed by atoms with van der Waals surface area (Å²) in [5, 5.41) is 8.62. The van der Waals surface area contributed by atoms with Crippen LogP contribution in [-0.4, -0.2) is 39.3 Å². The Morgan fingerprint density at radius 1 is 1.28 bits per heavy atom. The van der Waals surface area contributed by atoms with Gasteiger partial charge < -0.3 is 9.47 Å². The van der Waals surface area contributed by atoms with Gasteiger partial charge in [-0.15, -0.1) is 0 Å². The van der Waals surface area contributed by atoms with E-state index in [0.29, 0.717) is 6.54 Å². The Hall–Kier alpha value is -1.73. The summed E-state index contributed by atoms with van der Waals surface area (Å²) in [6.07, 6.45) is 0.858. The Bertz CT molecular complexity index is 438. The van der Waals surface area contributed by atoms with Crippen LogP contribution in [-0.2, 0) is 6.42 Å². The van der Waals surface area contributed by atoms with Crippen molar-refractivity contribution in [2.24, 2.45) is 0 Å². The van der Waals surface area contributed by atoms with E-state index in [1.165, 1.54) is 5.56 Å². The summed E-state index contributed by atoms with van der Waals surface area (Å²) >= 11 is 0. The molecule has 98 valence electrons. The lowest BCUT2D eigenvalue weighted by Gasteiger charge is -2.17. The molecule has 0 aliphatic heterocycles. The van der Waals surface area contributed by atoms with E-state index >= 15 is 0 Å². The molecule has 0 radical (unpaired) electrons. The van der Waals surface area contributed by atoms with Crippen LogP contribution in [0.2, 0.25) is 0 Å². The third kappa shape index (κ3) is 3.64. The highest BCUT2D eigenvalue weighted by Gasteiger charge is 2.10. The van der Waals surface area contributed by atoms with Crippen molar-refractivity contribution in [3.8, 4) is 17.6 Å². The van der Waals surface area contributed by atoms with Gasteiger partial charge >= 0.3 is 0 Å². The van der Waals surface area contributed by atoms with Crippen LogP contribution < -0.4 is 9.47 Å². The Morgan fingerprint density at radius 2 is 2.00 bits per heavy atom. The minimum absolute atomic E-state index is 0.442. The Balaban J connectivity index is 2.85. The van der Waals surface area contributed by atoms with Crippen LogP contribution in [0, 0.1) is 18.3 Å². The van der Waals surface area contributed by atoms with Crippen LogP contribution in [0.25, 0.3) is 0 Å². The number of rotatable bonds is 6. The zero-order chi connectivity index (χ0) is 13.5. The molecule has 0 N–H and O–H groups in total. The molecular weight excluding hydrogens is 228 g/mol. The molecule has 0 spiro atoms. The molecule has 0 unspecified atom stereocenters. The van der Waals surface area contributed by atoms with Crippen molar-refractivity contribution in [1.82, 2.24) is 4.90 Å². The van der Waals surface area contributed by atoms with E-state index in [-0.39, 0.29) is 0 Å². The maximum atomic E-state index is 8.62. The van der Waals surface area contributed by atoms with E-state index in [9.17, 15) is 0 Å². The lowest BCUT2D eigenvalue weighted by atomic mass is 10.0. The lowest BCUT2D eigenvalue weighted by Crippen LogP contribution is -2.21. The molecule has 1 aromatic rings. The summed E-state index contributed by atoms with van der Waals surface area (Å²) in [7, 11) is 5.25. The van der Waals surface area contributed by atoms with Gasteiger partial charge in [0.25, 0.3) is 0 Å². The van der Waals surface area contributed by atoms with Crippen molar-refractivity contribution in [2.45, 2.75) is 13.3 Å². The topological polar surface area (TPSA) is 45.5 Å². The van der Waals surface area contributed by atoms with Crippen LogP contribution in [0.15, 0.2) is 12.1 Å². The first-order valence-electron chi connectivity index (χ1n) is 5.89. The average molecular weight is 248 g/mol. The van der Waals surface area contributed by atoms with Crippen molar-refractivity contribution in [1.29, 1.82) is 5.26 Å². The molecule has 1 rings (SSSR count). The molecule has 0 aromatic heterocycles. The molecule has 0 heterocycles. The minimum Gasteiger partial charge on any atom is -0.497 e. The second-order valence-electron chi connectivity index (χ2n) is 4.27. The van der Waals surface area contributed by atoms with Crippen molar-refractivity contribution >= 4 is 0 Å². The summed E-state index contributed by atoms with van der Waals surface area (Å²) < 4.78 is 10.6. The largest absolute Gasteiger partial charge is 0.497 e. The number of aryl methyl sites for hydroxylation is 1. The van der Waals surface area contributed by atoms with E-state index in [0.717, 1.165) is 30.0 Å². The molecule has 4 heteroatoms. The van der Waals surface area contributed by atoms with Crippen molar-refractivity contribution in [3.05, 3.63) is 23.3 Å². The van der Waals surface area contributed by atoms with Crippen LogP contribution in [0.3, 0.4) is 0 Å². The summed E-state index contributed by atoms with van der Waals surface area (Å²) in [6.45, 7) is 3.32. The van der Waals surface area contributed by atoms with Gasteiger partial charge in [-0.3, -0.25) is 4.90 Å². The van der Waals surface area contributed by atoms with E-state index in [4.69, 9.17) is 14.7 Å².